The molecule has 1 unspecified atom stereocenters. The molecule has 1 aromatic rings. The summed E-state index contributed by atoms with van der Waals surface area (Å²) in [6, 6.07) is 0.559. The molecule has 0 saturated carbocycles. The summed E-state index contributed by atoms with van der Waals surface area (Å²) in [7, 11) is 1.57. The zero-order valence-corrected chi connectivity index (χ0v) is 8.30. The predicted molar refractivity (Wildman–Crippen MR) is 54.4 cm³/mol. The van der Waals surface area contributed by atoms with Crippen LogP contribution in [0.25, 0.3) is 0 Å². The molecule has 0 saturated heterocycles. The Morgan fingerprint density at radius 1 is 1.67 bits per heavy atom. The van der Waals surface area contributed by atoms with Crippen molar-refractivity contribution in [2.24, 2.45) is 5.73 Å². The summed E-state index contributed by atoms with van der Waals surface area (Å²) in [6.07, 6.45) is 3.11. The first-order valence-corrected chi connectivity index (χ1v) is 4.40. The van der Waals surface area contributed by atoms with Gasteiger partial charge < -0.3 is 20.7 Å². The number of nitrogens with one attached hydrogen (secondary N) is 1. The van der Waals surface area contributed by atoms with Gasteiger partial charge in [0.25, 0.3) is 0 Å². The molecule has 15 heavy (non-hydrogen) atoms. The van der Waals surface area contributed by atoms with Crippen molar-refractivity contribution in [1.29, 1.82) is 0 Å². The van der Waals surface area contributed by atoms with Crippen molar-refractivity contribution in [3.05, 3.63) is 18.5 Å². The van der Waals surface area contributed by atoms with Gasteiger partial charge in [0.1, 0.15) is 6.04 Å². The second-order valence-electron chi connectivity index (χ2n) is 3.17. The summed E-state index contributed by atoms with van der Waals surface area (Å²) >= 11 is 0. The summed E-state index contributed by atoms with van der Waals surface area (Å²) in [5.74, 6) is -1.50. The fourth-order valence-electron chi connectivity index (χ4n) is 1.08. The number of nitrogens with two attached hydrogens (primary N) is 1. The third kappa shape index (κ3) is 2.81. The van der Waals surface area contributed by atoms with Gasteiger partial charge in [0.2, 0.25) is 5.91 Å². The molecular weight excluding hydrogens is 198 g/mol. The molecule has 6 heteroatoms. The molecule has 1 atom stereocenters. The number of aromatic amines is 1. The quantitative estimate of drug-likeness (QED) is 0.641. The lowest BCUT2D eigenvalue weighted by Crippen LogP contribution is -2.37. The maximum absolute atomic E-state index is 11.5. The van der Waals surface area contributed by atoms with E-state index in [1.54, 1.807) is 25.5 Å². The van der Waals surface area contributed by atoms with E-state index < -0.39 is 12.0 Å². The van der Waals surface area contributed by atoms with Crippen LogP contribution in [0.2, 0.25) is 0 Å². The number of hydrogen-bond donors (Lipinski definition) is 3. The van der Waals surface area contributed by atoms with Crippen LogP contribution in [0.5, 0.6) is 0 Å². The maximum Gasteiger partial charge on any atom is 0.321 e. The van der Waals surface area contributed by atoms with E-state index in [2.05, 4.69) is 4.98 Å². The molecule has 0 fully saturated rings. The Morgan fingerprint density at radius 2 is 2.33 bits per heavy atom. The number of carboxylic acid groups (broad SMARTS) is 1. The Labute approximate surface area is 86.7 Å². The van der Waals surface area contributed by atoms with Crippen molar-refractivity contribution >= 4 is 17.6 Å². The number of carboxylic acids is 1. The number of anilines is 1. The largest absolute Gasteiger partial charge is 0.480 e. The number of aliphatic carboxylic acids is 1. The van der Waals surface area contributed by atoms with E-state index in [4.69, 9.17) is 10.8 Å². The second kappa shape index (κ2) is 4.61. The minimum Gasteiger partial charge on any atom is -0.480 e. The average Bonchev–Trinajstić information content (AvgIpc) is 2.68. The van der Waals surface area contributed by atoms with Gasteiger partial charge in [0.15, 0.2) is 0 Å². The van der Waals surface area contributed by atoms with Crippen LogP contribution >= 0.6 is 0 Å². The van der Waals surface area contributed by atoms with Crippen LogP contribution in [0.1, 0.15) is 6.42 Å². The molecule has 1 amide bonds. The fourth-order valence-corrected chi connectivity index (χ4v) is 1.08. The Hall–Kier alpha value is -1.82. The van der Waals surface area contributed by atoms with Crippen molar-refractivity contribution in [1.82, 2.24) is 4.98 Å². The van der Waals surface area contributed by atoms with Crippen LogP contribution < -0.4 is 10.6 Å². The normalized spacial score (nSPS) is 12.1. The van der Waals surface area contributed by atoms with Gasteiger partial charge in [0, 0.05) is 19.4 Å². The first-order chi connectivity index (χ1) is 7.02. The second-order valence-corrected chi connectivity index (χ2v) is 3.17. The highest BCUT2D eigenvalue weighted by Crippen LogP contribution is 2.11. The summed E-state index contributed by atoms with van der Waals surface area (Å²) in [6.45, 7) is 0. The summed E-state index contributed by atoms with van der Waals surface area (Å²) in [5, 5.41) is 8.54. The monoisotopic (exact) mass is 211 g/mol. The molecule has 0 aliphatic rings. The molecular formula is C9H13N3O3. The first kappa shape index (κ1) is 11.3. The third-order valence-corrected chi connectivity index (χ3v) is 2.05. The van der Waals surface area contributed by atoms with E-state index in [-0.39, 0.29) is 12.3 Å². The number of rotatable bonds is 4. The number of H-pyrrole nitrogens is 1. The highest BCUT2D eigenvalue weighted by Gasteiger charge is 2.19. The maximum atomic E-state index is 11.5. The number of carbonyl (C=O) groups excluding carboxylic acids is 1. The number of hydrogen-bond acceptors (Lipinski definition) is 3. The third-order valence-electron chi connectivity index (χ3n) is 2.05. The van der Waals surface area contributed by atoms with Gasteiger partial charge in [-0.15, -0.1) is 0 Å². The van der Waals surface area contributed by atoms with Crippen LogP contribution in [0.4, 0.5) is 5.69 Å². The highest BCUT2D eigenvalue weighted by molar-refractivity contribution is 5.95. The van der Waals surface area contributed by atoms with Gasteiger partial charge in [-0.25, -0.2) is 0 Å². The van der Waals surface area contributed by atoms with Crippen molar-refractivity contribution in [2.75, 3.05) is 11.9 Å². The van der Waals surface area contributed by atoms with Gasteiger partial charge in [-0.2, -0.15) is 0 Å². The van der Waals surface area contributed by atoms with Crippen molar-refractivity contribution in [3.63, 3.8) is 0 Å². The Bertz CT molecular complexity index is 347. The molecule has 1 aromatic heterocycles. The summed E-state index contributed by atoms with van der Waals surface area (Å²) in [4.78, 5) is 26.1. The lowest BCUT2D eigenvalue weighted by Gasteiger charge is -2.16. The molecule has 1 rings (SSSR count). The van der Waals surface area contributed by atoms with Crippen LogP contribution in [-0.2, 0) is 9.59 Å². The average molecular weight is 211 g/mol. The lowest BCUT2D eigenvalue weighted by molar-refractivity contribution is -0.140. The molecule has 0 radical (unpaired) electrons. The van der Waals surface area contributed by atoms with E-state index in [9.17, 15) is 9.59 Å². The van der Waals surface area contributed by atoms with Crippen LogP contribution in [0.15, 0.2) is 18.5 Å². The van der Waals surface area contributed by atoms with Crippen molar-refractivity contribution in [2.45, 2.75) is 12.5 Å². The van der Waals surface area contributed by atoms with Gasteiger partial charge in [-0.05, 0) is 6.07 Å². The zero-order chi connectivity index (χ0) is 11.4. The smallest absolute Gasteiger partial charge is 0.321 e. The van der Waals surface area contributed by atoms with E-state index in [1.807, 2.05) is 0 Å². The fraction of sp³-hybridized carbons (Fsp3) is 0.333. The van der Waals surface area contributed by atoms with Gasteiger partial charge >= 0.3 is 5.97 Å². The Balaban J connectivity index is 2.58. The van der Waals surface area contributed by atoms with E-state index in [0.717, 1.165) is 0 Å². The van der Waals surface area contributed by atoms with Gasteiger partial charge in [-0.1, -0.05) is 0 Å². The van der Waals surface area contributed by atoms with Crippen molar-refractivity contribution in [3.8, 4) is 0 Å². The van der Waals surface area contributed by atoms with Gasteiger partial charge in [0.05, 0.1) is 12.1 Å². The molecule has 4 N–H and O–H groups in total. The zero-order valence-electron chi connectivity index (χ0n) is 8.30. The number of aromatic nitrogens is 1. The number of amides is 1. The van der Waals surface area contributed by atoms with Crippen LogP contribution in [0.3, 0.4) is 0 Å². The van der Waals surface area contributed by atoms with Gasteiger partial charge in [-0.3, -0.25) is 9.59 Å². The van der Waals surface area contributed by atoms with E-state index >= 15 is 0 Å². The molecule has 0 aliphatic heterocycles. The molecule has 0 aliphatic carbocycles. The summed E-state index contributed by atoms with van der Waals surface area (Å²) < 4.78 is 0. The number of carbonyl (C=O) groups is 2. The topological polar surface area (TPSA) is 99.4 Å². The van der Waals surface area contributed by atoms with Crippen LogP contribution in [-0.4, -0.2) is 35.1 Å². The first-order valence-electron chi connectivity index (χ1n) is 4.40. The molecule has 0 aromatic carbocycles. The lowest BCUT2D eigenvalue weighted by atomic mass is 10.2. The molecule has 0 bridgehead atoms. The summed E-state index contributed by atoms with van der Waals surface area (Å²) in [5.41, 5.74) is 5.93. The Kier molecular flexibility index (Phi) is 3.46. The predicted octanol–water partition coefficient (Wildman–Crippen LogP) is -0.220. The highest BCUT2D eigenvalue weighted by atomic mass is 16.4. The van der Waals surface area contributed by atoms with Crippen molar-refractivity contribution < 1.29 is 14.7 Å². The molecule has 82 valence electrons. The molecule has 0 spiro atoms. The molecule has 6 nitrogen and oxygen atoms in total. The number of nitrogens with zero attached hydrogens (tertiary/aromatic N) is 1. The Morgan fingerprint density at radius 3 is 2.80 bits per heavy atom. The van der Waals surface area contributed by atoms with E-state index in [1.165, 1.54) is 4.90 Å². The molecule has 1 heterocycles. The standard InChI is InChI=1S/C9H13N3O3/c1-12(6-2-3-11-5-6)8(13)4-7(10)9(14)15/h2-3,5,7,11H,4,10H2,1H3,(H,14,15). The minimum absolute atomic E-state index is 0.211. The van der Waals surface area contributed by atoms with E-state index in [0.29, 0.717) is 5.69 Å². The minimum atomic E-state index is -1.18. The van der Waals surface area contributed by atoms with Crippen LogP contribution in [0, 0.1) is 0 Å². The SMILES string of the molecule is CN(C(=O)CC(N)C(=O)O)c1cc[nH]c1.